The van der Waals surface area contributed by atoms with Crippen LogP contribution in [0.5, 0.6) is 5.75 Å². The molecule has 8 nitrogen and oxygen atoms in total. The SMILES string of the molecule is CC[C@H](C(=O)NC(C)C)N(Cc1ccc(Cl)c(Cl)c1)C(=O)CN(c1cc(C)ccc1OC)S(=O)(=O)c1ccccc1. The molecule has 0 aliphatic carbocycles. The first-order chi connectivity index (χ1) is 19.4. The van der Waals surface area contributed by atoms with Crippen molar-refractivity contribution >= 4 is 50.7 Å². The number of ether oxygens (including phenoxy) is 1. The summed E-state index contributed by atoms with van der Waals surface area (Å²) in [6.45, 7) is 6.69. The summed E-state index contributed by atoms with van der Waals surface area (Å²) in [5.74, 6) is -0.644. The van der Waals surface area contributed by atoms with E-state index in [-0.39, 0.29) is 34.8 Å². The Morgan fingerprint density at radius 2 is 1.66 bits per heavy atom. The Bertz CT molecular complexity index is 1480. The Balaban J connectivity index is 2.13. The van der Waals surface area contributed by atoms with Gasteiger partial charge >= 0.3 is 0 Å². The largest absolute Gasteiger partial charge is 0.495 e. The number of aryl methyl sites for hydroxylation is 1. The highest BCUT2D eigenvalue weighted by Crippen LogP contribution is 2.34. The molecule has 0 heterocycles. The van der Waals surface area contributed by atoms with Gasteiger partial charge in [0.15, 0.2) is 0 Å². The summed E-state index contributed by atoms with van der Waals surface area (Å²) in [6, 6.07) is 16.9. The lowest BCUT2D eigenvalue weighted by atomic mass is 10.1. The average molecular weight is 621 g/mol. The van der Waals surface area contributed by atoms with E-state index in [1.54, 1.807) is 61.5 Å². The predicted molar refractivity (Wildman–Crippen MR) is 163 cm³/mol. The molecule has 0 fully saturated rings. The first kappa shape index (κ1) is 32.2. The Morgan fingerprint density at radius 1 is 0.976 bits per heavy atom. The zero-order valence-corrected chi connectivity index (χ0v) is 26.1. The number of rotatable bonds is 12. The van der Waals surface area contributed by atoms with E-state index in [0.29, 0.717) is 22.0 Å². The molecule has 0 saturated heterocycles. The summed E-state index contributed by atoms with van der Waals surface area (Å²) in [6.07, 6.45) is 0.296. The van der Waals surface area contributed by atoms with E-state index in [1.165, 1.54) is 24.1 Å². The second-order valence-electron chi connectivity index (χ2n) is 9.86. The van der Waals surface area contributed by atoms with Gasteiger partial charge in [0.25, 0.3) is 10.0 Å². The second-order valence-corrected chi connectivity index (χ2v) is 12.5. The van der Waals surface area contributed by atoms with Crippen LogP contribution in [0.1, 0.15) is 38.3 Å². The van der Waals surface area contributed by atoms with Crippen molar-refractivity contribution in [3.63, 3.8) is 0 Å². The quantitative estimate of drug-likeness (QED) is 0.275. The number of nitrogens with zero attached hydrogens (tertiary/aromatic N) is 2. The minimum atomic E-state index is -4.22. The van der Waals surface area contributed by atoms with Gasteiger partial charge in [-0.3, -0.25) is 13.9 Å². The van der Waals surface area contributed by atoms with Crippen molar-refractivity contribution < 1.29 is 22.7 Å². The van der Waals surface area contributed by atoms with Crippen LogP contribution in [0.2, 0.25) is 10.0 Å². The molecule has 3 rings (SSSR count). The fourth-order valence-corrected chi connectivity index (χ4v) is 6.12. The molecule has 0 radical (unpaired) electrons. The minimum Gasteiger partial charge on any atom is -0.495 e. The molecule has 0 unspecified atom stereocenters. The van der Waals surface area contributed by atoms with Gasteiger partial charge in [-0.25, -0.2) is 8.42 Å². The van der Waals surface area contributed by atoms with Crippen molar-refractivity contribution in [1.29, 1.82) is 0 Å². The second kappa shape index (κ2) is 14.1. The number of amides is 2. The molecule has 1 atom stereocenters. The lowest BCUT2D eigenvalue weighted by molar-refractivity contribution is -0.140. The van der Waals surface area contributed by atoms with Crippen LogP contribution in [0.15, 0.2) is 71.6 Å². The van der Waals surface area contributed by atoms with Crippen LogP contribution < -0.4 is 14.4 Å². The zero-order chi connectivity index (χ0) is 30.3. The number of anilines is 1. The zero-order valence-electron chi connectivity index (χ0n) is 23.7. The highest BCUT2D eigenvalue weighted by Gasteiger charge is 2.35. The van der Waals surface area contributed by atoms with Crippen LogP contribution in [0.3, 0.4) is 0 Å². The molecule has 0 aliphatic rings. The van der Waals surface area contributed by atoms with Crippen LogP contribution in [-0.4, -0.2) is 50.9 Å². The van der Waals surface area contributed by atoms with E-state index in [0.717, 1.165) is 9.87 Å². The van der Waals surface area contributed by atoms with E-state index in [9.17, 15) is 18.0 Å². The van der Waals surface area contributed by atoms with Crippen molar-refractivity contribution in [2.24, 2.45) is 0 Å². The van der Waals surface area contributed by atoms with Gasteiger partial charge in [0, 0.05) is 12.6 Å². The third kappa shape index (κ3) is 7.93. The number of sulfonamides is 1. The van der Waals surface area contributed by atoms with Crippen molar-refractivity contribution in [1.82, 2.24) is 10.2 Å². The van der Waals surface area contributed by atoms with Gasteiger partial charge in [-0.1, -0.05) is 60.5 Å². The highest BCUT2D eigenvalue weighted by molar-refractivity contribution is 7.92. The molecule has 220 valence electrons. The lowest BCUT2D eigenvalue weighted by Gasteiger charge is -2.34. The molecular weight excluding hydrogens is 585 g/mol. The van der Waals surface area contributed by atoms with Crippen molar-refractivity contribution in [2.75, 3.05) is 18.0 Å². The summed E-state index contributed by atoms with van der Waals surface area (Å²) in [5, 5.41) is 3.52. The molecule has 0 bridgehead atoms. The number of methoxy groups -OCH3 is 1. The number of hydrogen-bond donors (Lipinski definition) is 1. The van der Waals surface area contributed by atoms with Crippen molar-refractivity contribution in [3.05, 3.63) is 87.9 Å². The maximum absolute atomic E-state index is 14.2. The smallest absolute Gasteiger partial charge is 0.264 e. The van der Waals surface area contributed by atoms with E-state index < -0.39 is 28.5 Å². The van der Waals surface area contributed by atoms with Gasteiger partial charge in [-0.05, 0) is 74.7 Å². The Morgan fingerprint density at radius 3 is 2.24 bits per heavy atom. The number of halogens is 2. The third-order valence-electron chi connectivity index (χ3n) is 6.37. The summed E-state index contributed by atoms with van der Waals surface area (Å²) in [7, 11) is -2.79. The first-order valence-electron chi connectivity index (χ1n) is 13.1. The van der Waals surface area contributed by atoms with Crippen LogP contribution in [0, 0.1) is 6.92 Å². The molecule has 0 saturated carbocycles. The molecule has 0 spiro atoms. The van der Waals surface area contributed by atoms with Crippen LogP contribution in [0.4, 0.5) is 5.69 Å². The number of carbonyl (C=O) groups excluding carboxylic acids is 2. The molecular formula is C30H35Cl2N3O5S. The Kier molecular flexibility index (Phi) is 11.1. The van der Waals surface area contributed by atoms with E-state index in [4.69, 9.17) is 27.9 Å². The van der Waals surface area contributed by atoms with Crippen LogP contribution in [-0.2, 0) is 26.2 Å². The molecule has 41 heavy (non-hydrogen) atoms. The van der Waals surface area contributed by atoms with Crippen LogP contribution >= 0.6 is 23.2 Å². The van der Waals surface area contributed by atoms with Crippen molar-refractivity contribution in [3.8, 4) is 5.75 Å². The van der Waals surface area contributed by atoms with E-state index >= 15 is 0 Å². The maximum atomic E-state index is 14.2. The van der Waals surface area contributed by atoms with Gasteiger partial charge < -0.3 is 15.0 Å². The van der Waals surface area contributed by atoms with Crippen molar-refractivity contribution in [2.45, 2.75) is 57.6 Å². The minimum absolute atomic E-state index is 0.00389. The van der Waals surface area contributed by atoms with Gasteiger partial charge in [0.05, 0.1) is 27.7 Å². The number of benzene rings is 3. The molecule has 3 aromatic carbocycles. The highest BCUT2D eigenvalue weighted by atomic mass is 35.5. The molecule has 11 heteroatoms. The fourth-order valence-electron chi connectivity index (χ4n) is 4.36. The third-order valence-corrected chi connectivity index (χ3v) is 8.88. The molecule has 2 amide bonds. The summed E-state index contributed by atoms with van der Waals surface area (Å²) >= 11 is 12.3. The fraction of sp³-hybridized carbons (Fsp3) is 0.333. The van der Waals surface area contributed by atoms with E-state index in [1.807, 2.05) is 20.8 Å². The molecule has 1 N–H and O–H groups in total. The van der Waals surface area contributed by atoms with E-state index in [2.05, 4.69) is 5.32 Å². The van der Waals surface area contributed by atoms with Crippen LogP contribution in [0.25, 0.3) is 0 Å². The summed E-state index contributed by atoms with van der Waals surface area (Å²) < 4.78 is 34.6. The predicted octanol–water partition coefficient (Wildman–Crippen LogP) is 5.84. The molecule has 0 aliphatic heterocycles. The van der Waals surface area contributed by atoms with Gasteiger partial charge in [-0.15, -0.1) is 0 Å². The maximum Gasteiger partial charge on any atom is 0.264 e. The van der Waals surface area contributed by atoms with Gasteiger partial charge in [-0.2, -0.15) is 0 Å². The monoisotopic (exact) mass is 619 g/mol. The number of nitrogens with one attached hydrogen (secondary N) is 1. The lowest BCUT2D eigenvalue weighted by Crippen LogP contribution is -2.53. The number of carbonyl (C=O) groups is 2. The topological polar surface area (TPSA) is 96.0 Å². The van der Waals surface area contributed by atoms with Gasteiger partial charge in [0.2, 0.25) is 11.8 Å². The average Bonchev–Trinajstić information content (AvgIpc) is 2.93. The number of hydrogen-bond acceptors (Lipinski definition) is 5. The standard InChI is InChI=1S/C30H35Cl2N3O5S/c1-6-26(30(37)33-20(2)3)34(18-22-13-14-24(31)25(32)17-22)29(36)19-35(27-16-21(4)12-15-28(27)40-5)41(38,39)23-10-8-7-9-11-23/h7-17,20,26H,6,18-19H2,1-5H3,(H,33,37)/t26-/m1/s1. The first-order valence-corrected chi connectivity index (χ1v) is 15.3. The molecule has 0 aromatic heterocycles. The summed E-state index contributed by atoms with van der Waals surface area (Å²) in [5.41, 5.74) is 1.62. The normalized spacial score (nSPS) is 12.1. The Hall–Kier alpha value is -3.27. The summed E-state index contributed by atoms with van der Waals surface area (Å²) in [4.78, 5) is 28.8. The Labute approximate surface area is 252 Å². The molecule has 3 aromatic rings. The van der Waals surface area contributed by atoms with Gasteiger partial charge in [0.1, 0.15) is 18.3 Å².